The predicted octanol–water partition coefficient (Wildman–Crippen LogP) is 3.96. The monoisotopic (exact) mass is 344 g/mol. The minimum absolute atomic E-state index is 0.566. The first-order chi connectivity index (χ1) is 10.1. The molecule has 4 heteroatoms. The molecule has 0 aliphatic carbocycles. The van der Waals surface area contributed by atoms with Crippen molar-refractivity contribution in [3.8, 4) is 11.8 Å². The Kier molecular flexibility index (Phi) is 5.38. The molecule has 0 spiro atoms. The highest BCUT2D eigenvalue weighted by Crippen LogP contribution is 2.20. The summed E-state index contributed by atoms with van der Waals surface area (Å²) in [6.45, 7) is 1.67. The van der Waals surface area contributed by atoms with E-state index in [2.05, 4.69) is 46.1 Å². The van der Waals surface area contributed by atoms with Crippen molar-refractivity contribution in [1.29, 1.82) is 5.26 Å². The topological polar surface area (TPSA) is 36.3 Å². The Bertz CT molecular complexity index is 647. The fourth-order valence-corrected chi connectivity index (χ4v) is 2.46. The summed E-state index contributed by atoms with van der Waals surface area (Å²) in [6, 6.07) is 16.2. The summed E-state index contributed by atoms with van der Waals surface area (Å²) in [4.78, 5) is 2.23. The zero-order valence-electron chi connectivity index (χ0n) is 12.1. The van der Waals surface area contributed by atoms with Crippen molar-refractivity contribution < 1.29 is 4.74 Å². The summed E-state index contributed by atoms with van der Waals surface area (Å²) in [5.41, 5.74) is 2.96. The summed E-state index contributed by atoms with van der Waals surface area (Å²) in [6.07, 6.45) is 0. The van der Waals surface area contributed by atoms with E-state index in [0.717, 1.165) is 23.1 Å². The first-order valence-corrected chi connectivity index (χ1v) is 7.41. The first-order valence-electron chi connectivity index (χ1n) is 6.62. The summed E-state index contributed by atoms with van der Waals surface area (Å²) >= 11 is 3.44. The minimum atomic E-state index is 0.566. The molecule has 108 valence electrons. The molecule has 0 amide bonds. The maximum absolute atomic E-state index is 9.00. The van der Waals surface area contributed by atoms with Crippen LogP contribution >= 0.6 is 15.9 Å². The summed E-state index contributed by atoms with van der Waals surface area (Å²) in [5.74, 6) is 0.632. The molecule has 21 heavy (non-hydrogen) atoms. The standard InChI is InChI=1S/C17H17BrN2O/c1-20(11-13-4-7-16(18)8-5-13)12-14-3-6-15(10-19)17(9-14)21-2/h3-9H,11-12H2,1-2H3. The van der Waals surface area contributed by atoms with E-state index in [-0.39, 0.29) is 0 Å². The Balaban J connectivity index is 2.04. The second-order valence-electron chi connectivity index (χ2n) is 4.95. The van der Waals surface area contributed by atoms with E-state index in [1.807, 2.05) is 30.3 Å². The van der Waals surface area contributed by atoms with Crippen molar-refractivity contribution in [3.05, 3.63) is 63.6 Å². The Labute approximate surface area is 133 Å². The van der Waals surface area contributed by atoms with Crippen LogP contribution in [0.25, 0.3) is 0 Å². The Morgan fingerprint density at radius 3 is 2.33 bits per heavy atom. The van der Waals surface area contributed by atoms with Crippen LogP contribution in [0.3, 0.4) is 0 Å². The Morgan fingerprint density at radius 2 is 1.71 bits per heavy atom. The number of ether oxygens (including phenoxy) is 1. The molecule has 0 aliphatic heterocycles. The van der Waals surface area contributed by atoms with Crippen molar-refractivity contribution in [2.24, 2.45) is 0 Å². The van der Waals surface area contributed by atoms with Crippen LogP contribution in [0.5, 0.6) is 5.75 Å². The molecule has 0 N–H and O–H groups in total. The number of hydrogen-bond donors (Lipinski definition) is 0. The normalized spacial score (nSPS) is 10.4. The van der Waals surface area contributed by atoms with Gasteiger partial charge in [-0.2, -0.15) is 5.26 Å². The maximum Gasteiger partial charge on any atom is 0.136 e. The minimum Gasteiger partial charge on any atom is -0.495 e. The maximum atomic E-state index is 9.00. The Morgan fingerprint density at radius 1 is 1.10 bits per heavy atom. The van der Waals surface area contributed by atoms with Crippen LogP contribution in [0.15, 0.2) is 46.9 Å². The third-order valence-electron chi connectivity index (χ3n) is 3.20. The number of nitrogens with zero attached hydrogens (tertiary/aromatic N) is 2. The molecule has 0 aliphatic rings. The molecule has 0 saturated carbocycles. The lowest BCUT2D eigenvalue weighted by Crippen LogP contribution is -2.17. The second kappa shape index (κ2) is 7.26. The highest BCUT2D eigenvalue weighted by atomic mass is 79.9. The van der Waals surface area contributed by atoms with E-state index in [0.29, 0.717) is 11.3 Å². The molecule has 3 nitrogen and oxygen atoms in total. The van der Waals surface area contributed by atoms with E-state index in [1.165, 1.54) is 5.56 Å². The number of hydrogen-bond acceptors (Lipinski definition) is 3. The molecule has 0 fully saturated rings. The van der Waals surface area contributed by atoms with Crippen molar-refractivity contribution in [2.45, 2.75) is 13.1 Å². The second-order valence-corrected chi connectivity index (χ2v) is 5.86. The van der Waals surface area contributed by atoms with E-state index in [4.69, 9.17) is 10.00 Å². The van der Waals surface area contributed by atoms with Crippen molar-refractivity contribution in [1.82, 2.24) is 4.90 Å². The van der Waals surface area contributed by atoms with Crippen LogP contribution in [0, 0.1) is 11.3 Å². The van der Waals surface area contributed by atoms with Crippen molar-refractivity contribution >= 4 is 15.9 Å². The van der Waals surface area contributed by atoms with Crippen LogP contribution in [0.4, 0.5) is 0 Å². The van der Waals surface area contributed by atoms with Gasteiger partial charge in [0.25, 0.3) is 0 Å². The molecule has 0 bridgehead atoms. The zero-order valence-corrected chi connectivity index (χ0v) is 13.7. The molecule has 0 atom stereocenters. The van der Waals surface area contributed by atoms with Crippen LogP contribution in [-0.2, 0) is 13.1 Å². The lowest BCUT2D eigenvalue weighted by atomic mass is 10.1. The number of benzene rings is 2. The van der Waals surface area contributed by atoms with Gasteiger partial charge < -0.3 is 4.74 Å². The van der Waals surface area contributed by atoms with Crippen LogP contribution in [-0.4, -0.2) is 19.1 Å². The molecule has 0 radical (unpaired) electrons. The van der Waals surface area contributed by atoms with Gasteiger partial charge in [-0.05, 0) is 42.4 Å². The molecule has 2 rings (SSSR count). The zero-order chi connectivity index (χ0) is 15.2. The van der Waals surface area contributed by atoms with Crippen LogP contribution in [0.1, 0.15) is 16.7 Å². The highest BCUT2D eigenvalue weighted by molar-refractivity contribution is 9.10. The van der Waals surface area contributed by atoms with E-state index < -0.39 is 0 Å². The van der Waals surface area contributed by atoms with E-state index >= 15 is 0 Å². The third kappa shape index (κ3) is 4.32. The molecule has 0 aromatic heterocycles. The molecule has 0 unspecified atom stereocenters. The largest absolute Gasteiger partial charge is 0.495 e. The molecular weight excluding hydrogens is 328 g/mol. The molecule has 0 heterocycles. The third-order valence-corrected chi connectivity index (χ3v) is 3.73. The first kappa shape index (κ1) is 15.6. The smallest absolute Gasteiger partial charge is 0.136 e. The van der Waals surface area contributed by atoms with Gasteiger partial charge in [-0.3, -0.25) is 4.90 Å². The fourth-order valence-electron chi connectivity index (χ4n) is 2.20. The van der Waals surface area contributed by atoms with Gasteiger partial charge in [-0.15, -0.1) is 0 Å². The SMILES string of the molecule is COc1cc(CN(C)Cc2ccc(Br)cc2)ccc1C#N. The molecule has 2 aromatic carbocycles. The van der Waals surface area contributed by atoms with Gasteiger partial charge in [-0.1, -0.05) is 34.1 Å². The van der Waals surface area contributed by atoms with Gasteiger partial charge in [0.2, 0.25) is 0 Å². The van der Waals surface area contributed by atoms with Gasteiger partial charge in [0, 0.05) is 17.6 Å². The molecule has 0 saturated heterocycles. The summed E-state index contributed by atoms with van der Waals surface area (Å²) in [7, 11) is 3.66. The van der Waals surface area contributed by atoms with Gasteiger partial charge in [0.1, 0.15) is 11.8 Å². The fraction of sp³-hybridized carbons (Fsp3) is 0.235. The number of halogens is 1. The average molecular weight is 345 g/mol. The summed E-state index contributed by atoms with van der Waals surface area (Å²) in [5, 5.41) is 9.00. The number of methoxy groups -OCH3 is 1. The lowest BCUT2D eigenvalue weighted by molar-refractivity contribution is 0.318. The summed E-state index contributed by atoms with van der Waals surface area (Å²) < 4.78 is 6.33. The van der Waals surface area contributed by atoms with Gasteiger partial charge >= 0.3 is 0 Å². The molecule has 2 aromatic rings. The van der Waals surface area contributed by atoms with Crippen LogP contribution in [0.2, 0.25) is 0 Å². The van der Waals surface area contributed by atoms with E-state index in [9.17, 15) is 0 Å². The number of rotatable bonds is 5. The highest BCUT2D eigenvalue weighted by Gasteiger charge is 2.06. The van der Waals surface area contributed by atoms with Gasteiger partial charge in [0.05, 0.1) is 12.7 Å². The van der Waals surface area contributed by atoms with E-state index in [1.54, 1.807) is 7.11 Å². The molecular formula is C17H17BrN2O. The predicted molar refractivity (Wildman–Crippen MR) is 87.0 cm³/mol. The van der Waals surface area contributed by atoms with Gasteiger partial charge in [0.15, 0.2) is 0 Å². The average Bonchev–Trinajstić information content (AvgIpc) is 2.49. The quantitative estimate of drug-likeness (QED) is 0.823. The Hall–Kier alpha value is -1.83. The number of nitriles is 1. The van der Waals surface area contributed by atoms with Crippen molar-refractivity contribution in [2.75, 3.05) is 14.2 Å². The van der Waals surface area contributed by atoms with Gasteiger partial charge in [-0.25, -0.2) is 0 Å². The van der Waals surface area contributed by atoms with Crippen LogP contribution < -0.4 is 4.74 Å². The van der Waals surface area contributed by atoms with Crippen molar-refractivity contribution in [3.63, 3.8) is 0 Å². The lowest BCUT2D eigenvalue weighted by Gasteiger charge is -2.17.